The van der Waals surface area contributed by atoms with Gasteiger partial charge in [0, 0.05) is 17.3 Å². The average Bonchev–Trinajstić information content (AvgIpc) is 2.74. The van der Waals surface area contributed by atoms with E-state index in [0.29, 0.717) is 12.0 Å². The van der Waals surface area contributed by atoms with Crippen LogP contribution in [-0.4, -0.2) is 6.04 Å². The molecule has 4 rings (SSSR count). The van der Waals surface area contributed by atoms with E-state index in [1.165, 1.54) is 54.5 Å². The highest BCUT2D eigenvalue weighted by Crippen LogP contribution is 2.41. The number of anilines is 1. The number of nitrogens with zero attached hydrogens (tertiary/aromatic N) is 1. The van der Waals surface area contributed by atoms with Gasteiger partial charge < -0.3 is 4.90 Å². The standard InChI is InChI=1S/C24H29N.2C2H6/c1-17-11-13-23-20(15-17)8-6-9-21-16-18(2)12-14-24(21)25(23)22-10-5-4-7-19(22)3;2*1-2/h4-5,7,10-11,13,15-16,20,23H,6,8-9,12,14H2,1-3H3;2*1-2H3. The average molecular weight is 392 g/mol. The van der Waals surface area contributed by atoms with Crippen LogP contribution in [0.25, 0.3) is 0 Å². The van der Waals surface area contributed by atoms with E-state index in [4.69, 9.17) is 0 Å². The summed E-state index contributed by atoms with van der Waals surface area (Å²) >= 11 is 0. The highest BCUT2D eigenvalue weighted by molar-refractivity contribution is 5.62. The minimum Gasteiger partial charge on any atom is -0.337 e. The third-order valence-corrected chi connectivity index (χ3v) is 5.97. The summed E-state index contributed by atoms with van der Waals surface area (Å²) in [5, 5.41) is 0. The number of aryl methyl sites for hydroxylation is 1. The minimum atomic E-state index is 0.446. The van der Waals surface area contributed by atoms with Gasteiger partial charge in [-0.1, -0.05) is 81.3 Å². The second-order valence-corrected chi connectivity index (χ2v) is 7.94. The Morgan fingerprint density at radius 3 is 2.34 bits per heavy atom. The Labute approximate surface area is 179 Å². The van der Waals surface area contributed by atoms with Crippen LogP contribution in [0.3, 0.4) is 0 Å². The maximum Gasteiger partial charge on any atom is 0.0585 e. The number of allylic oxidation sites excluding steroid dienone is 6. The first kappa shape index (κ1) is 23.3. The molecule has 2 atom stereocenters. The lowest BCUT2D eigenvalue weighted by molar-refractivity contribution is 0.471. The van der Waals surface area contributed by atoms with Gasteiger partial charge in [0.05, 0.1) is 6.04 Å². The molecule has 0 amide bonds. The second kappa shape index (κ2) is 11.2. The van der Waals surface area contributed by atoms with Gasteiger partial charge in [0.25, 0.3) is 0 Å². The van der Waals surface area contributed by atoms with Gasteiger partial charge in [-0.25, -0.2) is 0 Å². The fraction of sp³-hybridized carbons (Fsp3) is 0.500. The van der Waals surface area contributed by atoms with Gasteiger partial charge >= 0.3 is 0 Å². The molecule has 0 spiro atoms. The third kappa shape index (κ3) is 5.32. The van der Waals surface area contributed by atoms with Crippen molar-refractivity contribution in [3.05, 3.63) is 76.5 Å². The first-order chi connectivity index (χ1) is 14.1. The zero-order chi connectivity index (χ0) is 21.4. The zero-order valence-electron chi connectivity index (χ0n) is 19.8. The van der Waals surface area contributed by atoms with Crippen LogP contribution in [0.1, 0.15) is 79.2 Å². The van der Waals surface area contributed by atoms with E-state index in [0.717, 1.165) is 0 Å². The van der Waals surface area contributed by atoms with Gasteiger partial charge in [-0.2, -0.15) is 0 Å². The first-order valence-electron chi connectivity index (χ1n) is 11.7. The summed E-state index contributed by atoms with van der Waals surface area (Å²) in [4.78, 5) is 2.68. The SMILES string of the molecule is CC.CC.CC1=CC2CCCC3=C(CCC(C)=C3)N(c3ccccc3C)C2C=C1. The fourth-order valence-electron chi connectivity index (χ4n) is 4.69. The molecule has 29 heavy (non-hydrogen) atoms. The van der Waals surface area contributed by atoms with E-state index >= 15 is 0 Å². The van der Waals surface area contributed by atoms with Crippen LogP contribution in [0.4, 0.5) is 5.69 Å². The summed E-state index contributed by atoms with van der Waals surface area (Å²) in [7, 11) is 0. The summed E-state index contributed by atoms with van der Waals surface area (Å²) < 4.78 is 0. The smallest absolute Gasteiger partial charge is 0.0585 e. The number of para-hydroxylation sites is 1. The minimum absolute atomic E-state index is 0.446. The highest BCUT2D eigenvalue weighted by Gasteiger charge is 2.32. The van der Waals surface area contributed by atoms with Crippen LogP contribution in [0.2, 0.25) is 0 Å². The van der Waals surface area contributed by atoms with E-state index in [9.17, 15) is 0 Å². The van der Waals surface area contributed by atoms with Gasteiger partial charge in [-0.15, -0.1) is 0 Å². The predicted octanol–water partition coefficient (Wildman–Crippen LogP) is 8.53. The number of rotatable bonds is 1. The van der Waals surface area contributed by atoms with Crippen LogP contribution in [0, 0.1) is 12.8 Å². The van der Waals surface area contributed by atoms with Crippen molar-refractivity contribution in [2.75, 3.05) is 4.90 Å². The van der Waals surface area contributed by atoms with Gasteiger partial charge in [-0.05, 0) is 70.1 Å². The molecule has 158 valence electrons. The topological polar surface area (TPSA) is 3.24 Å². The second-order valence-electron chi connectivity index (χ2n) is 7.94. The molecule has 0 fully saturated rings. The molecule has 0 saturated heterocycles. The zero-order valence-corrected chi connectivity index (χ0v) is 19.8. The van der Waals surface area contributed by atoms with Crippen molar-refractivity contribution >= 4 is 5.69 Å². The molecule has 1 heteroatoms. The quantitative estimate of drug-likeness (QED) is 0.463. The van der Waals surface area contributed by atoms with Crippen molar-refractivity contribution in [2.24, 2.45) is 5.92 Å². The molecule has 0 radical (unpaired) electrons. The molecule has 0 aromatic heterocycles. The van der Waals surface area contributed by atoms with Crippen LogP contribution in [-0.2, 0) is 0 Å². The molecule has 2 unspecified atom stereocenters. The lowest BCUT2D eigenvalue weighted by atomic mass is 9.81. The Morgan fingerprint density at radius 2 is 1.62 bits per heavy atom. The van der Waals surface area contributed by atoms with Crippen molar-refractivity contribution in [2.45, 2.75) is 86.6 Å². The molecule has 0 bridgehead atoms. The fourth-order valence-corrected chi connectivity index (χ4v) is 4.69. The van der Waals surface area contributed by atoms with E-state index in [2.05, 4.69) is 74.2 Å². The van der Waals surface area contributed by atoms with Crippen molar-refractivity contribution in [1.82, 2.24) is 0 Å². The predicted molar refractivity (Wildman–Crippen MR) is 130 cm³/mol. The Hall–Kier alpha value is -2.02. The van der Waals surface area contributed by atoms with Crippen LogP contribution in [0.15, 0.2) is 71.0 Å². The highest BCUT2D eigenvalue weighted by atomic mass is 15.2. The Bertz CT molecular complexity index is 790. The molecule has 1 aliphatic heterocycles. The molecule has 1 heterocycles. The van der Waals surface area contributed by atoms with Gasteiger partial charge in [0.1, 0.15) is 0 Å². The van der Waals surface area contributed by atoms with Crippen molar-refractivity contribution < 1.29 is 0 Å². The molecular weight excluding hydrogens is 350 g/mol. The van der Waals surface area contributed by atoms with Crippen LogP contribution in [0.5, 0.6) is 0 Å². The molecule has 2 aliphatic carbocycles. The number of benzene rings is 1. The third-order valence-electron chi connectivity index (χ3n) is 5.97. The maximum atomic E-state index is 2.68. The van der Waals surface area contributed by atoms with Gasteiger partial charge in [-0.3, -0.25) is 0 Å². The summed E-state index contributed by atoms with van der Waals surface area (Å²) in [5.41, 5.74) is 8.85. The van der Waals surface area contributed by atoms with E-state index in [1.807, 2.05) is 27.7 Å². The molecule has 1 aromatic carbocycles. The van der Waals surface area contributed by atoms with Crippen molar-refractivity contribution in [3.63, 3.8) is 0 Å². The van der Waals surface area contributed by atoms with E-state index in [-0.39, 0.29) is 0 Å². The van der Waals surface area contributed by atoms with E-state index in [1.54, 1.807) is 11.3 Å². The van der Waals surface area contributed by atoms with Gasteiger partial charge in [0.15, 0.2) is 0 Å². The van der Waals surface area contributed by atoms with Crippen LogP contribution < -0.4 is 4.90 Å². The molecule has 0 saturated carbocycles. The number of fused-ring (bicyclic) bond motifs is 1. The molecule has 3 aliphatic rings. The lowest BCUT2D eigenvalue weighted by Crippen LogP contribution is -2.41. The Kier molecular flexibility index (Phi) is 9.01. The molecular formula is C28H41N. The molecule has 1 nitrogen and oxygen atoms in total. The maximum absolute atomic E-state index is 2.68. The first-order valence-corrected chi connectivity index (χ1v) is 11.7. The summed E-state index contributed by atoms with van der Waals surface area (Å²) in [6.07, 6.45) is 15.9. The monoisotopic (exact) mass is 391 g/mol. The number of hydrogen-bond donors (Lipinski definition) is 0. The molecule has 0 N–H and O–H groups in total. The summed E-state index contributed by atoms with van der Waals surface area (Å²) in [6.45, 7) is 14.8. The van der Waals surface area contributed by atoms with Crippen molar-refractivity contribution in [3.8, 4) is 0 Å². The summed E-state index contributed by atoms with van der Waals surface area (Å²) in [5.74, 6) is 0.616. The van der Waals surface area contributed by atoms with Crippen LogP contribution >= 0.6 is 0 Å². The van der Waals surface area contributed by atoms with Gasteiger partial charge in [0.2, 0.25) is 0 Å². The summed E-state index contributed by atoms with van der Waals surface area (Å²) in [6, 6.07) is 9.35. The lowest BCUT2D eigenvalue weighted by Gasteiger charge is -2.43. The van der Waals surface area contributed by atoms with Crippen molar-refractivity contribution in [1.29, 1.82) is 0 Å². The Morgan fingerprint density at radius 1 is 0.897 bits per heavy atom. The normalized spacial score (nSPS) is 23.1. The van der Waals surface area contributed by atoms with E-state index < -0.39 is 0 Å². The largest absolute Gasteiger partial charge is 0.337 e. The Balaban J connectivity index is 0.000000707. The molecule has 1 aromatic rings. The number of hydrogen-bond acceptors (Lipinski definition) is 1.